The lowest BCUT2D eigenvalue weighted by molar-refractivity contribution is -0.116. The molecule has 1 amide bonds. The molecule has 0 bridgehead atoms. The highest BCUT2D eigenvalue weighted by Crippen LogP contribution is 2.31. The summed E-state index contributed by atoms with van der Waals surface area (Å²) < 4.78 is 2.32. The van der Waals surface area contributed by atoms with Crippen LogP contribution in [0.3, 0.4) is 0 Å². The highest BCUT2D eigenvalue weighted by Gasteiger charge is 2.13. The molecule has 30 heavy (non-hydrogen) atoms. The Morgan fingerprint density at radius 3 is 2.30 bits per heavy atom. The van der Waals surface area contributed by atoms with Crippen molar-refractivity contribution in [3.05, 3.63) is 77.9 Å². The number of carbonyl (C=O) groups is 1. The lowest BCUT2D eigenvalue weighted by Crippen LogP contribution is -2.13. The number of nitrogens with zero attached hydrogens (tertiary/aromatic N) is 1. The second-order valence-electron chi connectivity index (χ2n) is 8.99. The van der Waals surface area contributed by atoms with Gasteiger partial charge in [-0.05, 0) is 54.2 Å². The summed E-state index contributed by atoms with van der Waals surface area (Å²) in [6, 6.07) is 23.3. The molecule has 3 nitrogen and oxygen atoms in total. The fourth-order valence-electron chi connectivity index (χ4n) is 4.12. The lowest BCUT2D eigenvalue weighted by atomic mass is 9.86. The van der Waals surface area contributed by atoms with Crippen LogP contribution >= 0.6 is 0 Å². The average Bonchev–Trinajstić information content (AvgIpc) is 3.05. The zero-order chi connectivity index (χ0) is 21.3. The molecule has 3 heteroatoms. The van der Waals surface area contributed by atoms with E-state index in [1.165, 1.54) is 32.9 Å². The molecule has 4 aromatic rings. The minimum Gasteiger partial charge on any atom is -0.341 e. The Hall–Kier alpha value is -3.07. The first-order valence-electron chi connectivity index (χ1n) is 10.8. The molecule has 0 spiro atoms. The molecule has 4 rings (SSSR count). The van der Waals surface area contributed by atoms with Crippen molar-refractivity contribution in [2.45, 2.75) is 52.5 Å². The summed E-state index contributed by atoms with van der Waals surface area (Å²) in [6.07, 6.45) is 1.22. The Morgan fingerprint density at radius 2 is 1.60 bits per heavy atom. The van der Waals surface area contributed by atoms with Crippen LogP contribution in [0, 0.1) is 0 Å². The summed E-state index contributed by atoms with van der Waals surface area (Å²) in [5, 5.41) is 5.49. The maximum Gasteiger partial charge on any atom is 0.224 e. The van der Waals surface area contributed by atoms with Gasteiger partial charge in [0, 0.05) is 40.5 Å². The van der Waals surface area contributed by atoms with Crippen molar-refractivity contribution < 1.29 is 4.79 Å². The molecule has 1 N–H and O–H groups in total. The number of nitrogens with one attached hydrogen (secondary N) is 1. The molecule has 0 saturated carbocycles. The van der Waals surface area contributed by atoms with Crippen LogP contribution in [0.4, 0.5) is 5.69 Å². The minimum absolute atomic E-state index is 0.0495. The molecule has 3 aromatic carbocycles. The van der Waals surface area contributed by atoms with Crippen molar-refractivity contribution in [1.29, 1.82) is 0 Å². The largest absolute Gasteiger partial charge is 0.341 e. The topological polar surface area (TPSA) is 34.0 Å². The number of rotatable bonds is 5. The van der Waals surface area contributed by atoms with E-state index in [-0.39, 0.29) is 11.3 Å². The van der Waals surface area contributed by atoms with Crippen molar-refractivity contribution in [1.82, 2.24) is 4.57 Å². The van der Waals surface area contributed by atoms with Crippen molar-refractivity contribution in [2.75, 3.05) is 5.32 Å². The van der Waals surface area contributed by atoms with Gasteiger partial charge in [-0.3, -0.25) is 4.79 Å². The molecule has 0 fully saturated rings. The molecule has 154 valence electrons. The summed E-state index contributed by atoms with van der Waals surface area (Å²) in [5.41, 5.74) is 5.95. The van der Waals surface area contributed by atoms with Crippen LogP contribution in [-0.2, 0) is 23.2 Å². The standard InChI is InChI=1S/C27H30N2O/c1-5-29-24-9-7-6-8-22(24)23-18-21(15-16-25(23)29)28-26(30)17-12-19-10-13-20(14-11-19)27(2,3)4/h6-11,13-16,18H,5,12,17H2,1-4H3,(H,28,30). The van der Waals surface area contributed by atoms with E-state index in [1.807, 2.05) is 6.07 Å². The van der Waals surface area contributed by atoms with Gasteiger partial charge in [-0.25, -0.2) is 0 Å². The molecule has 0 unspecified atom stereocenters. The molecule has 1 heterocycles. The quantitative estimate of drug-likeness (QED) is 0.399. The third-order valence-electron chi connectivity index (χ3n) is 5.83. The van der Waals surface area contributed by atoms with Crippen LogP contribution in [0.15, 0.2) is 66.7 Å². The number of para-hydroxylation sites is 1. The van der Waals surface area contributed by atoms with E-state index >= 15 is 0 Å². The van der Waals surface area contributed by atoms with Gasteiger partial charge in [-0.2, -0.15) is 0 Å². The summed E-state index contributed by atoms with van der Waals surface area (Å²) >= 11 is 0. The SMILES string of the molecule is CCn1c2ccccc2c2cc(NC(=O)CCc3ccc(C(C)(C)C)cc3)ccc21. The number of carbonyl (C=O) groups excluding carboxylic acids is 1. The number of anilines is 1. The van der Waals surface area contributed by atoms with E-state index < -0.39 is 0 Å². The summed E-state index contributed by atoms with van der Waals surface area (Å²) in [4.78, 5) is 12.6. The molecule has 0 atom stereocenters. The lowest BCUT2D eigenvalue weighted by Gasteiger charge is -2.19. The van der Waals surface area contributed by atoms with Crippen molar-refractivity contribution in [3.8, 4) is 0 Å². The molecular formula is C27H30N2O. The maximum absolute atomic E-state index is 12.6. The third kappa shape index (κ3) is 3.97. The number of benzene rings is 3. The van der Waals surface area contributed by atoms with Crippen molar-refractivity contribution in [2.24, 2.45) is 0 Å². The normalized spacial score (nSPS) is 11.9. The number of hydrogen-bond acceptors (Lipinski definition) is 1. The fourth-order valence-corrected chi connectivity index (χ4v) is 4.12. The smallest absolute Gasteiger partial charge is 0.224 e. The third-order valence-corrected chi connectivity index (χ3v) is 5.83. The number of amides is 1. The Labute approximate surface area is 178 Å². The van der Waals surface area contributed by atoms with Gasteiger partial charge in [0.05, 0.1) is 0 Å². The monoisotopic (exact) mass is 398 g/mol. The Morgan fingerprint density at radius 1 is 0.900 bits per heavy atom. The van der Waals surface area contributed by atoms with Crippen LogP contribution in [0.2, 0.25) is 0 Å². The van der Waals surface area contributed by atoms with E-state index in [0.29, 0.717) is 6.42 Å². The molecule has 0 aliphatic carbocycles. The van der Waals surface area contributed by atoms with Crippen LogP contribution in [-0.4, -0.2) is 10.5 Å². The van der Waals surface area contributed by atoms with Gasteiger partial charge in [0.15, 0.2) is 0 Å². The Bertz CT molecular complexity index is 1190. The van der Waals surface area contributed by atoms with Crippen LogP contribution < -0.4 is 5.32 Å². The first-order chi connectivity index (χ1) is 14.4. The Balaban J connectivity index is 1.47. The van der Waals surface area contributed by atoms with Gasteiger partial charge in [-0.1, -0.05) is 63.2 Å². The molecule has 1 aromatic heterocycles. The number of hydrogen-bond donors (Lipinski definition) is 1. The molecular weight excluding hydrogens is 368 g/mol. The zero-order valence-electron chi connectivity index (χ0n) is 18.3. The molecule has 0 radical (unpaired) electrons. The second-order valence-corrected chi connectivity index (χ2v) is 8.99. The van der Waals surface area contributed by atoms with E-state index in [2.05, 4.69) is 98.2 Å². The second kappa shape index (κ2) is 7.98. The summed E-state index contributed by atoms with van der Waals surface area (Å²) in [5.74, 6) is 0.0495. The van der Waals surface area contributed by atoms with E-state index in [1.54, 1.807) is 0 Å². The highest BCUT2D eigenvalue weighted by molar-refractivity contribution is 6.09. The first kappa shape index (κ1) is 20.2. The van der Waals surface area contributed by atoms with Crippen molar-refractivity contribution >= 4 is 33.4 Å². The van der Waals surface area contributed by atoms with Gasteiger partial charge in [0.2, 0.25) is 5.91 Å². The van der Waals surface area contributed by atoms with Crippen LogP contribution in [0.25, 0.3) is 21.8 Å². The number of aromatic nitrogens is 1. The van der Waals surface area contributed by atoms with Crippen LogP contribution in [0.1, 0.15) is 45.2 Å². The predicted molar refractivity (Wildman–Crippen MR) is 127 cm³/mol. The van der Waals surface area contributed by atoms with Gasteiger partial charge in [0.1, 0.15) is 0 Å². The van der Waals surface area contributed by atoms with Crippen molar-refractivity contribution in [3.63, 3.8) is 0 Å². The van der Waals surface area contributed by atoms with Gasteiger partial charge >= 0.3 is 0 Å². The van der Waals surface area contributed by atoms with Gasteiger partial charge in [-0.15, -0.1) is 0 Å². The van der Waals surface area contributed by atoms with Gasteiger partial charge < -0.3 is 9.88 Å². The van der Waals surface area contributed by atoms with E-state index in [4.69, 9.17) is 0 Å². The average molecular weight is 399 g/mol. The summed E-state index contributed by atoms with van der Waals surface area (Å²) in [7, 11) is 0. The fraction of sp³-hybridized carbons (Fsp3) is 0.296. The molecule has 0 saturated heterocycles. The molecule has 0 aliphatic heterocycles. The van der Waals surface area contributed by atoms with Gasteiger partial charge in [0.25, 0.3) is 0 Å². The number of aryl methyl sites for hydroxylation is 2. The highest BCUT2D eigenvalue weighted by atomic mass is 16.1. The first-order valence-corrected chi connectivity index (χ1v) is 10.8. The predicted octanol–water partition coefficient (Wildman–Crippen LogP) is 6.68. The maximum atomic E-state index is 12.6. The van der Waals surface area contributed by atoms with E-state index in [0.717, 1.165) is 18.7 Å². The van der Waals surface area contributed by atoms with E-state index in [9.17, 15) is 4.79 Å². The number of fused-ring (bicyclic) bond motifs is 3. The Kier molecular flexibility index (Phi) is 5.38. The summed E-state index contributed by atoms with van der Waals surface area (Å²) in [6.45, 7) is 9.72. The zero-order valence-corrected chi connectivity index (χ0v) is 18.3. The molecule has 0 aliphatic rings. The van der Waals surface area contributed by atoms with Crippen LogP contribution in [0.5, 0.6) is 0 Å². The minimum atomic E-state index is 0.0495.